The molecule has 3 N–H and O–H groups in total. The number of amides is 1. The van der Waals surface area contributed by atoms with Gasteiger partial charge in [0.15, 0.2) is 5.76 Å². The van der Waals surface area contributed by atoms with E-state index in [0.717, 1.165) is 16.7 Å². The maximum atomic E-state index is 12.0. The Bertz CT molecular complexity index is 956. The third-order valence-electron chi connectivity index (χ3n) is 3.52. The Labute approximate surface area is 137 Å². The molecule has 6 nitrogen and oxygen atoms in total. The Kier molecular flexibility index (Phi) is 3.47. The van der Waals surface area contributed by atoms with Crippen LogP contribution in [0.5, 0.6) is 0 Å². The van der Waals surface area contributed by atoms with Gasteiger partial charge in [0.2, 0.25) is 5.95 Å². The molecular formula is C18H14N4O2. The van der Waals surface area contributed by atoms with Crippen molar-refractivity contribution in [2.45, 2.75) is 0 Å². The number of rotatable bonds is 4. The molecule has 24 heavy (non-hydrogen) atoms. The zero-order valence-electron chi connectivity index (χ0n) is 12.6. The minimum absolute atomic E-state index is 0.269. The Morgan fingerprint density at radius 3 is 2.71 bits per heavy atom. The molecule has 4 aromatic rings. The molecular weight excluding hydrogens is 304 g/mol. The van der Waals surface area contributed by atoms with Crippen LogP contribution in [0.25, 0.3) is 11.0 Å². The Hall–Kier alpha value is -3.54. The van der Waals surface area contributed by atoms with E-state index in [1.54, 1.807) is 12.1 Å². The zero-order valence-corrected chi connectivity index (χ0v) is 12.6. The molecule has 0 radical (unpaired) electrons. The number of aromatic amines is 1. The summed E-state index contributed by atoms with van der Waals surface area (Å²) in [5, 5.41) is 5.99. The van der Waals surface area contributed by atoms with Gasteiger partial charge in [-0.2, -0.15) is 0 Å². The monoisotopic (exact) mass is 318 g/mol. The standard InChI is InChI=1S/C18H14N4O2/c23-17(16-9-4-10-24-16)19-12-5-3-6-13(11-12)20-18-21-14-7-1-2-8-15(14)22-18/h1-11H,(H,19,23)(H2,20,21,22). The van der Waals surface area contributed by atoms with Crippen LogP contribution >= 0.6 is 0 Å². The molecule has 1 amide bonds. The summed E-state index contributed by atoms with van der Waals surface area (Å²) in [4.78, 5) is 19.7. The highest BCUT2D eigenvalue weighted by Gasteiger charge is 2.09. The molecule has 0 atom stereocenters. The second-order valence-electron chi connectivity index (χ2n) is 5.24. The highest BCUT2D eigenvalue weighted by molar-refractivity contribution is 6.02. The summed E-state index contributed by atoms with van der Waals surface area (Å²) in [6, 6.07) is 18.5. The number of anilines is 3. The number of carbonyl (C=O) groups is 1. The fraction of sp³-hybridized carbons (Fsp3) is 0. The first-order valence-electron chi connectivity index (χ1n) is 7.45. The topological polar surface area (TPSA) is 83.0 Å². The Balaban J connectivity index is 1.53. The number of furan rings is 1. The number of nitrogens with one attached hydrogen (secondary N) is 3. The van der Waals surface area contributed by atoms with E-state index in [1.807, 2.05) is 48.5 Å². The molecule has 0 bridgehead atoms. The number of hydrogen-bond acceptors (Lipinski definition) is 4. The lowest BCUT2D eigenvalue weighted by molar-refractivity contribution is 0.0996. The van der Waals surface area contributed by atoms with Gasteiger partial charge in [0.1, 0.15) is 0 Å². The van der Waals surface area contributed by atoms with E-state index in [4.69, 9.17) is 4.42 Å². The third kappa shape index (κ3) is 2.85. The van der Waals surface area contributed by atoms with Crippen LogP contribution in [0.15, 0.2) is 71.3 Å². The first-order chi connectivity index (χ1) is 11.8. The van der Waals surface area contributed by atoms with E-state index in [1.165, 1.54) is 6.26 Å². The van der Waals surface area contributed by atoms with Gasteiger partial charge in [-0.15, -0.1) is 0 Å². The molecule has 0 saturated heterocycles. The van der Waals surface area contributed by atoms with Crippen molar-refractivity contribution in [3.8, 4) is 0 Å². The quantitative estimate of drug-likeness (QED) is 0.528. The molecule has 0 saturated carbocycles. The smallest absolute Gasteiger partial charge is 0.291 e. The van der Waals surface area contributed by atoms with Gasteiger partial charge in [0, 0.05) is 11.4 Å². The number of carbonyl (C=O) groups excluding carboxylic acids is 1. The lowest BCUT2D eigenvalue weighted by atomic mass is 10.2. The summed E-state index contributed by atoms with van der Waals surface area (Å²) in [6.45, 7) is 0. The number of para-hydroxylation sites is 2. The second kappa shape index (κ2) is 5.92. The van der Waals surface area contributed by atoms with Gasteiger partial charge < -0.3 is 20.0 Å². The fourth-order valence-electron chi connectivity index (χ4n) is 2.42. The minimum atomic E-state index is -0.291. The van der Waals surface area contributed by atoms with E-state index in [-0.39, 0.29) is 11.7 Å². The average molecular weight is 318 g/mol. The highest BCUT2D eigenvalue weighted by Crippen LogP contribution is 2.21. The van der Waals surface area contributed by atoms with Gasteiger partial charge in [-0.25, -0.2) is 4.98 Å². The van der Waals surface area contributed by atoms with E-state index >= 15 is 0 Å². The number of imidazole rings is 1. The first kappa shape index (κ1) is 14.1. The summed E-state index contributed by atoms with van der Waals surface area (Å²) in [6.07, 6.45) is 1.47. The van der Waals surface area contributed by atoms with Gasteiger partial charge >= 0.3 is 0 Å². The maximum Gasteiger partial charge on any atom is 0.291 e. The SMILES string of the molecule is O=C(Nc1cccc(Nc2nc3ccccc3[nH]2)c1)c1ccco1. The van der Waals surface area contributed by atoms with Crippen LogP contribution in [0, 0.1) is 0 Å². The van der Waals surface area contributed by atoms with E-state index in [9.17, 15) is 4.79 Å². The Morgan fingerprint density at radius 2 is 1.88 bits per heavy atom. The number of fused-ring (bicyclic) bond motifs is 1. The highest BCUT2D eigenvalue weighted by atomic mass is 16.3. The predicted molar refractivity (Wildman–Crippen MR) is 92.5 cm³/mol. The van der Waals surface area contributed by atoms with Crippen LogP contribution in [0.1, 0.15) is 10.6 Å². The number of H-pyrrole nitrogens is 1. The molecule has 0 spiro atoms. The first-order valence-corrected chi connectivity index (χ1v) is 7.45. The second-order valence-corrected chi connectivity index (χ2v) is 5.24. The number of nitrogens with zero attached hydrogens (tertiary/aromatic N) is 1. The predicted octanol–water partition coefficient (Wildman–Crippen LogP) is 4.15. The van der Waals surface area contributed by atoms with Gasteiger partial charge in [-0.3, -0.25) is 4.79 Å². The fourth-order valence-corrected chi connectivity index (χ4v) is 2.42. The largest absolute Gasteiger partial charge is 0.459 e. The number of aromatic nitrogens is 2. The van der Waals surface area contributed by atoms with Crippen molar-refractivity contribution in [2.75, 3.05) is 10.6 Å². The van der Waals surface area contributed by atoms with Crippen molar-refractivity contribution in [2.24, 2.45) is 0 Å². The van der Waals surface area contributed by atoms with Crippen LogP contribution in [0.4, 0.5) is 17.3 Å². The van der Waals surface area contributed by atoms with Crippen molar-refractivity contribution in [3.63, 3.8) is 0 Å². The molecule has 2 aromatic carbocycles. The number of benzene rings is 2. The summed E-state index contributed by atoms with van der Waals surface area (Å²) < 4.78 is 5.08. The molecule has 4 rings (SSSR count). The van der Waals surface area contributed by atoms with Gasteiger partial charge in [0.05, 0.1) is 17.3 Å². The molecule has 2 heterocycles. The molecule has 0 fully saturated rings. The third-order valence-corrected chi connectivity index (χ3v) is 3.52. The van der Waals surface area contributed by atoms with Gasteiger partial charge in [0.25, 0.3) is 5.91 Å². The van der Waals surface area contributed by atoms with Crippen molar-refractivity contribution in [1.82, 2.24) is 9.97 Å². The van der Waals surface area contributed by atoms with Crippen LogP contribution in [0.2, 0.25) is 0 Å². The van der Waals surface area contributed by atoms with E-state index < -0.39 is 0 Å². The lowest BCUT2D eigenvalue weighted by Gasteiger charge is -2.07. The number of hydrogen-bond donors (Lipinski definition) is 3. The van der Waals surface area contributed by atoms with Gasteiger partial charge in [-0.1, -0.05) is 18.2 Å². The molecule has 0 unspecified atom stereocenters. The van der Waals surface area contributed by atoms with Crippen LogP contribution < -0.4 is 10.6 Å². The van der Waals surface area contributed by atoms with Crippen LogP contribution in [-0.4, -0.2) is 15.9 Å². The molecule has 0 aliphatic heterocycles. The van der Waals surface area contributed by atoms with Crippen LogP contribution in [-0.2, 0) is 0 Å². The summed E-state index contributed by atoms with van der Waals surface area (Å²) >= 11 is 0. The zero-order chi connectivity index (χ0) is 16.4. The van der Waals surface area contributed by atoms with E-state index in [2.05, 4.69) is 20.6 Å². The molecule has 2 aromatic heterocycles. The minimum Gasteiger partial charge on any atom is -0.459 e. The van der Waals surface area contributed by atoms with Crippen molar-refractivity contribution in [1.29, 1.82) is 0 Å². The van der Waals surface area contributed by atoms with Crippen molar-refractivity contribution < 1.29 is 9.21 Å². The Morgan fingerprint density at radius 1 is 1.00 bits per heavy atom. The molecule has 0 aliphatic rings. The van der Waals surface area contributed by atoms with Crippen molar-refractivity contribution >= 4 is 34.3 Å². The molecule has 6 heteroatoms. The van der Waals surface area contributed by atoms with E-state index in [0.29, 0.717) is 11.6 Å². The summed E-state index contributed by atoms with van der Waals surface area (Å²) in [7, 11) is 0. The summed E-state index contributed by atoms with van der Waals surface area (Å²) in [5.74, 6) is 0.622. The maximum absolute atomic E-state index is 12.0. The van der Waals surface area contributed by atoms with Crippen LogP contribution in [0.3, 0.4) is 0 Å². The van der Waals surface area contributed by atoms with Crippen molar-refractivity contribution in [3.05, 3.63) is 72.7 Å². The normalized spacial score (nSPS) is 10.7. The lowest BCUT2D eigenvalue weighted by Crippen LogP contribution is -2.10. The molecule has 0 aliphatic carbocycles. The van der Waals surface area contributed by atoms with Gasteiger partial charge in [-0.05, 0) is 42.5 Å². The summed E-state index contributed by atoms with van der Waals surface area (Å²) in [5.41, 5.74) is 3.33. The molecule has 118 valence electrons. The average Bonchev–Trinajstić information content (AvgIpc) is 3.24.